The summed E-state index contributed by atoms with van der Waals surface area (Å²) in [5.74, 6) is -2.09. The number of esters is 1. The largest absolute Gasteiger partial charge is 0.467 e. The Bertz CT molecular complexity index is 1390. The number of amides is 3. The van der Waals surface area contributed by atoms with Crippen molar-refractivity contribution in [3.63, 3.8) is 0 Å². The average molecular weight is 699 g/mol. The van der Waals surface area contributed by atoms with E-state index in [0.717, 1.165) is 19.3 Å². The molecule has 0 spiro atoms. The fraction of sp³-hybridized carbons (Fsp3) is 0.600. The molecule has 2 aliphatic heterocycles. The molecule has 44 heavy (non-hydrogen) atoms. The van der Waals surface area contributed by atoms with Crippen LogP contribution in [0, 0.1) is 5.92 Å². The Morgan fingerprint density at radius 3 is 2.48 bits per heavy atom. The van der Waals surface area contributed by atoms with Gasteiger partial charge in [0.05, 0.1) is 18.1 Å². The van der Waals surface area contributed by atoms with Gasteiger partial charge < -0.3 is 25.0 Å². The van der Waals surface area contributed by atoms with E-state index in [9.17, 15) is 27.6 Å². The molecule has 3 amide bonds. The fourth-order valence-electron chi connectivity index (χ4n) is 5.59. The molecular formula is C30H40BrN3O9S. The second-order valence-corrected chi connectivity index (χ2v) is 14.9. The fourth-order valence-corrected chi connectivity index (χ4v) is 6.93. The first kappa shape index (κ1) is 33.9. The Hall–Kier alpha value is -2.97. The molecule has 2 heterocycles. The van der Waals surface area contributed by atoms with Gasteiger partial charge in [-0.2, -0.15) is 8.42 Å². The molecule has 0 radical (unpaired) electrons. The van der Waals surface area contributed by atoms with Crippen molar-refractivity contribution in [3.8, 4) is 0 Å². The molecule has 12 nitrogen and oxygen atoms in total. The molecule has 0 unspecified atom stereocenters. The van der Waals surface area contributed by atoms with Crippen molar-refractivity contribution in [1.82, 2.24) is 15.5 Å². The van der Waals surface area contributed by atoms with Crippen LogP contribution in [0.25, 0.3) is 0 Å². The lowest BCUT2D eigenvalue weighted by Crippen LogP contribution is -2.56. The van der Waals surface area contributed by atoms with Gasteiger partial charge in [-0.1, -0.05) is 40.9 Å². The van der Waals surface area contributed by atoms with Crippen LogP contribution >= 0.6 is 15.9 Å². The third-order valence-electron chi connectivity index (χ3n) is 7.85. The van der Waals surface area contributed by atoms with Gasteiger partial charge in [0, 0.05) is 23.4 Å². The molecule has 2 N–H and O–H groups in total. The van der Waals surface area contributed by atoms with Gasteiger partial charge in [-0.25, -0.2) is 9.59 Å². The van der Waals surface area contributed by atoms with Crippen molar-refractivity contribution in [2.45, 2.75) is 99.9 Å². The first-order chi connectivity index (χ1) is 20.6. The number of nitrogens with zero attached hydrogens (tertiary/aromatic N) is 1. The van der Waals surface area contributed by atoms with E-state index >= 15 is 0 Å². The van der Waals surface area contributed by atoms with Crippen molar-refractivity contribution in [1.29, 1.82) is 0 Å². The molecule has 0 aromatic heterocycles. The molecular weight excluding hydrogens is 658 g/mol. The lowest BCUT2D eigenvalue weighted by atomic mass is 10.0. The van der Waals surface area contributed by atoms with Crippen molar-refractivity contribution in [3.05, 3.63) is 40.9 Å². The molecule has 1 aromatic rings. The minimum Gasteiger partial charge on any atom is -0.467 e. The molecule has 1 saturated carbocycles. The van der Waals surface area contributed by atoms with Crippen LogP contribution in [0.15, 0.2) is 45.8 Å². The maximum Gasteiger partial charge on any atom is 0.408 e. The molecule has 3 aliphatic rings. The van der Waals surface area contributed by atoms with E-state index in [0.29, 0.717) is 17.3 Å². The number of nitrogens with one attached hydrogen (secondary N) is 2. The van der Waals surface area contributed by atoms with Crippen molar-refractivity contribution in [2.75, 3.05) is 13.7 Å². The second-order valence-electron chi connectivity index (χ2n) is 12.4. The summed E-state index contributed by atoms with van der Waals surface area (Å²) in [7, 11) is -3.00. The third kappa shape index (κ3) is 8.19. The number of rotatable bonds is 5. The van der Waals surface area contributed by atoms with Gasteiger partial charge >= 0.3 is 12.1 Å². The topological polar surface area (TPSA) is 157 Å². The number of allylic oxidation sites excluding steroid dienone is 1. The van der Waals surface area contributed by atoms with Crippen LogP contribution in [0.2, 0.25) is 0 Å². The Kier molecular flexibility index (Phi) is 10.5. The smallest absolute Gasteiger partial charge is 0.408 e. The van der Waals surface area contributed by atoms with Gasteiger partial charge in [0.1, 0.15) is 23.2 Å². The number of benzene rings is 1. The lowest BCUT2D eigenvalue weighted by Gasteiger charge is -2.30. The van der Waals surface area contributed by atoms with E-state index in [1.165, 1.54) is 24.1 Å². The van der Waals surface area contributed by atoms with E-state index in [2.05, 4.69) is 26.6 Å². The molecule has 2 fully saturated rings. The molecule has 0 bridgehead atoms. The normalized spacial score (nSPS) is 28.1. The molecule has 14 heteroatoms. The monoisotopic (exact) mass is 697 g/mol. The standard InChI is InChI=1S/C30H40BrN3O9S/c1-29(2,3)42-28(38)32-23-11-9-7-5-6-8-10-19-17-30(19,27(37)41-4)33-25(35)24-16-21(18-34(24)26(23)36)43-44(39,40)22-14-12-20(31)13-15-22/h8,10,12-15,19,21,23-24H,5-7,9,11,16-18H2,1-4H3,(H,32,38)(H,33,35)/t19-,21+,23+,24+,30-/m1/s1. The molecule has 4 rings (SSSR count). The van der Waals surface area contributed by atoms with Crippen LogP contribution < -0.4 is 10.6 Å². The van der Waals surface area contributed by atoms with E-state index in [1.807, 2.05) is 12.2 Å². The number of methoxy groups -OCH3 is 1. The highest BCUT2D eigenvalue weighted by Crippen LogP contribution is 2.46. The molecule has 5 atom stereocenters. The maximum atomic E-state index is 14.1. The minimum absolute atomic E-state index is 0.0809. The number of halogens is 1. The maximum absolute atomic E-state index is 14.1. The molecule has 1 saturated heterocycles. The zero-order chi connectivity index (χ0) is 32.3. The summed E-state index contributed by atoms with van der Waals surface area (Å²) in [5.41, 5.74) is -2.09. The lowest BCUT2D eigenvalue weighted by molar-refractivity contribution is -0.148. The Morgan fingerprint density at radius 2 is 1.82 bits per heavy atom. The summed E-state index contributed by atoms with van der Waals surface area (Å²) in [6.07, 6.45) is 5.45. The number of hydrogen-bond acceptors (Lipinski definition) is 9. The Balaban J connectivity index is 1.64. The first-order valence-electron chi connectivity index (χ1n) is 14.7. The number of fused-ring (bicyclic) bond motifs is 2. The van der Waals surface area contributed by atoms with Gasteiger partial charge in [-0.05, 0) is 70.7 Å². The zero-order valence-corrected chi connectivity index (χ0v) is 27.7. The number of alkyl carbamates (subject to hydrolysis) is 1. The van der Waals surface area contributed by atoms with Crippen molar-refractivity contribution >= 4 is 49.9 Å². The predicted octanol–water partition coefficient (Wildman–Crippen LogP) is 3.59. The van der Waals surface area contributed by atoms with Gasteiger partial charge in [-0.15, -0.1) is 0 Å². The Morgan fingerprint density at radius 1 is 1.11 bits per heavy atom. The van der Waals surface area contributed by atoms with E-state index in [-0.39, 0.29) is 30.2 Å². The van der Waals surface area contributed by atoms with Crippen molar-refractivity contribution < 1.29 is 41.3 Å². The summed E-state index contributed by atoms with van der Waals surface area (Å²) in [6.45, 7) is 4.88. The first-order valence-corrected chi connectivity index (χ1v) is 16.9. The van der Waals surface area contributed by atoms with Crippen LogP contribution in [0.1, 0.15) is 65.7 Å². The highest BCUT2D eigenvalue weighted by molar-refractivity contribution is 9.10. The Labute approximate surface area is 266 Å². The minimum atomic E-state index is -4.24. The van der Waals surface area contributed by atoms with Crippen LogP contribution in [0.5, 0.6) is 0 Å². The van der Waals surface area contributed by atoms with Crippen LogP contribution in [-0.2, 0) is 38.2 Å². The van der Waals surface area contributed by atoms with Gasteiger partial charge in [0.2, 0.25) is 11.8 Å². The van der Waals surface area contributed by atoms with E-state index in [4.69, 9.17) is 13.7 Å². The highest BCUT2D eigenvalue weighted by atomic mass is 79.9. The van der Waals surface area contributed by atoms with E-state index in [1.54, 1.807) is 32.9 Å². The predicted molar refractivity (Wildman–Crippen MR) is 163 cm³/mol. The summed E-state index contributed by atoms with van der Waals surface area (Å²) in [6, 6.07) is 3.68. The number of ether oxygens (including phenoxy) is 2. The van der Waals surface area contributed by atoms with Gasteiger partial charge in [0.25, 0.3) is 10.1 Å². The average Bonchev–Trinajstić information content (AvgIpc) is 3.47. The molecule has 1 aromatic carbocycles. The van der Waals surface area contributed by atoms with Gasteiger partial charge in [0.15, 0.2) is 0 Å². The quantitative estimate of drug-likeness (QED) is 0.267. The van der Waals surface area contributed by atoms with Crippen LogP contribution in [0.3, 0.4) is 0 Å². The summed E-state index contributed by atoms with van der Waals surface area (Å²) >= 11 is 3.27. The molecule has 1 aliphatic carbocycles. The SMILES string of the molecule is COC(=O)[C@@]12C[C@H]1C=CCCCCC[C@H](NC(=O)OC(C)(C)C)C(=O)N1C[C@@H](OS(=O)(=O)c3ccc(Br)cc3)C[C@H]1C(=O)N2. The molecule has 242 valence electrons. The van der Waals surface area contributed by atoms with Crippen LogP contribution in [-0.4, -0.2) is 80.2 Å². The van der Waals surface area contributed by atoms with Crippen molar-refractivity contribution in [2.24, 2.45) is 5.92 Å². The highest BCUT2D eigenvalue weighted by Gasteiger charge is 2.62. The number of carbonyl (C=O) groups excluding carboxylic acids is 4. The van der Waals surface area contributed by atoms with Gasteiger partial charge in [-0.3, -0.25) is 13.8 Å². The number of hydrogen-bond donors (Lipinski definition) is 2. The zero-order valence-electron chi connectivity index (χ0n) is 25.3. The summed E-state index contributed by atoms with van der Waals surface area (Å²) in [5, 5.41) is 5.46. The third-order valence-corrected chi connectivity index (χ3v) is 9.75. The summed E-state index contributed by atoms with van der Waals surface area (Å²) in [4.78, 5) is 54.6. The van der Waals surface area contributed by atoms with E-state index < -0.39 is 63.3 Å². The van der Waals surface area contributed by atoms with Crippen LogP contribution in [0.4, 0.5) is 4.79 Å². The summed E-state index contributed by atoms with van der Waals surface area (Å²) < 4.78 is 42.9. The second kappa shape index (κ2) is 13.6. The number of carbonyl (C=O) groups is 4.